The number of hydrogen-bond acceptors (Lipinski definition) is 2. The molecule has 2 heteroatoms. The lowest BCUT2D eigenvalue weighted by molar-refractivity contribution is 0.0910. The molecule has 0 saturated heterocycles. The van der Waals surface area contributed by atoms with E-state index in [9.17, 15) is 0 Å². The second-order valence-corrected chi connectivity index (χ2v) is 10.3. The number of pyridine rings is 1. The van der Waals surface area contributed by atoms with Crippen LogP contribution in [0, 0.1) is 24.7 Å². The van der Waals surface area contributed by atoms with Gasteiger partial charge in [-0.15, -0.1) is 0 Å². The summed E-state index contributed by atoms with van der Waals surface area (Å²) < 4.78 is 6.37. The molecular formula is C28H47NO. The second-order valence-electron chi connectivity index (χ2n) is 10.3. The Bertz CT molecular complexity index is 597. The highest BCUT2D eigenvalue weighted by Crippen LogP contribution is 2.41. The number of hydrogen-bond donors (Lipinski definition) is 0. The summed E-state index contributed by atoms with van der Waals surface area (Å²) >= 11 is 0. The minimum absolute atomic E-state index is 0.402. The molecule has 0 amide bonds. The molecule has 0 spiro atoms. The van der Waals surface area contributed by atoms with E-state index in [1.165, 1.54) is 108 Å². The summed E-state index contributed by atoms with van der Waals surface area (Å²) in [5.41, 5.74) is 2.56. The molecule has 2 aliphatic rings. The maximum Gasteiger partial charge on any atom is 0.138 e. The van der Waals surface area contributed by atoms with Gasteiger partial charge in [0.2, 0.25) is 0 Å². The predicted molar refractivity (Wildman–Crippen MR) is 128 cm³/mol. The molecule has 1 aromatic rings. The van der Waals surface area contributed by atoms with E-state index in [0.29, 0.717) is 6.10 Å². The average Bonchev–Trinajstić information content (AvgIpc) is 2.77. The first-order valence-corrected chi connectivity index (χ1v) is 13.3. The highest BCUT2D eigenvalue weighted by atomic mass is 16.5. The summed E-state index contributed by atoms with van der Waals surface area (Å²) in [5.74, 6) is 3.98. The molecule has 0 bridgehead atoms. The Labute approximate surface area is 186 Å². The molecule has 0 unspecified atom stereocenters. The van der Waals surface area contributed by atoms with Crippen molar-refractivity contribution in [2.75, 3.05) is 0 Å². The van der Waals surface area contributed by atoms with Gasteiger partial charge >= 0.3 is 0 Å². The normalized spacial score (nSPS) is 27.2. The molecule has 1 aromatic heterocycles. The minimum Gasteiger partial charge on any atom is -0.489 e. The molecule has 2 saturated carbocycles. The number of aryl methyl sites for hydroxylation is 2. The standard InChI is InChI=1S/C28H47NO/c1-4-6-8-9-11-28-22(3)20-27(21-29-28)30-26-18-16-25(17-19-26)24-14-12-23(13-15-24)10-7-5-2/h20-21,23-26H,4-19H2,1-3H3. The zero-order valence-corrected chi connectivity index (χ0v) is 20.1. The van der Waals surface area contributed by atoms with Gasteiger partial charge in [-0.2, -0.15) is 0 Å². The molecule has 2 aliphatic carbocycles. The lowest BCUT2D eigenvalue weighted by atomic mass is 9.70. The number of unbranched alkanes of at least 4 members (excludes halogenated alkanes) is 4. The summed E-state index contributed by atoms with van der Waals surface area (Å²) in [7, 11) is 0. The molecule has 3 rings (SSSR count). The Kier molecular flexibility index (Phi) is 10.0. The Morgan fingerprint density at radius 1 is 0.833 bits per heavy atom. The first kappa shape index (κ1) is 23.6. The van der Waals surface area contributed by atoms with Crippen LogP contribution < -0.4 is 4.74 Å². The van der Waals surface area contributed by atoms with E-state index in [0.717, 1.165) is 29.9 Å². The van der Waals surface area contributed by atoms with Crippen molar-refractivity contribution in [3.05, 3.63) is 23.5 Å². The Morgan fingerprint density at radius 3 is 2.13 bits per heavy atom. The van der Waals surface area contributed by atoms with Gasteiger partial charge in [0.25, 0.3) is 0 Å². The van der Waals surface area contributed by atoms with E-state index in [-0.39, 0.29) is 0 Å². The van der Waals surface area contributed by atoms with Crippen molar-refractivity contribution in [3.8, 4) is 5.75 Å². The number of nitrogens with zero attached hydrogens (tertiary/aromatic N) is 1. The van der Waals surface area contributed by atoms with Crippen molar-refractivity contribution < 1.29 is 4.74 Å². The lowest BCUT2D eigenvalue weighted by Crippen LogP contribution is -2.30. The quantitative estimate of drug-likeness (QED) is 0.339. The van der Waals surface area contributed by atoms with E-state index in [2.05, 4.69) is 26.8 Å². The number of ether oxygens (including phenoxy) is 1. The molecule has 170 valence electrons. The molecule has 2 nitrogen and oxygen atoms in total. The molecule has 0 radical (unpaired) electrons. The molecule has 0 aromatic carbocycles. The van der Waals surface area contributed by atoms with Crippen LogP contribution in [0.15, 0.2) is 12.3 Å². The summed E-state index contributed by atoms with van der Waals surface area (Å²) in [4.78, 5) is 4.73. The van der Waals surface area contributed by atoms with Crippen LogP contribution in [0.2, 0.25) is 0 Å². The van der Waals surface area contributed by atoms with Gasteiger partial charge in [0.1, 0.15) is 5.75 Å². The smallest absolute Gasteiger partial charge is 0.138 e. The van der Waals surface area contributed by atoms with Crippen LogP contribution in [0.3, 0.4) is 0 Å². The van der Waals surface area contributed by atoms with Gasteiger partial charge in [0.05, 0.1) is 12.3 Å². The van der Waals surface area contributed by atoms with Crippen molar-refractivity contribution in [2.24, 2.45) is 17.8 Å². The first-order valence-electron chi connectivity index (χ1n) is 13.3. The summed E-state index contributed by atoms with van der Waals surface area (Å²) in [6, 6.07) is 2.23. The molecule has 1 heterocycles. The first-order chi connectivity index (χ1) is 14.7. The monoisotopic (exact) mass is 413 g/mol. The highest BCUT2D eigenvalue weighted by molar-refractivity contribution is 5.28. The number of aromatic nitrogens is 1. The molecule has 0 atom stereocenters. The fourth-order valence-corrected chi connectivity index (χ4v) is 5.93. The van der Waals surface area contributed by atoms with E-state index in [1.54, 1.807) is 0 Å². The molecular weight excluding hydrogens is 366 g/mol. The Hall–Kier alpha value is -1.05. The van der Waals surface area contributed by atoms with Gasteiger partial charge in [-0.25, -0.2) is 0 Å². The third-order valence-corrected chi connectivity index (χ3v) is 7.97. The highest BCUT2D eigenvalue weighted by Gasteiger charge is 2.31. The van der Waals surface area contributed by atoms with Crippen molar-refractivity contribution in [1.82, 2.24) is 4.98 Å². The number of rotatable bonds is 11. The topological polar surface area (TPSA) is 22.1 Å². The van der Waals surface area contributed by atoms with Crippen LogP contribution in [-0.4, -0.2) is 11.1 Å². The van der Waals surface area contributed by atoms with Gasteiger partial charge in [-0.05, 0) is 87.7 Å². The van der Waals surface area contributed by atoms with Crippen molar-refractivity contribution in [1.29, 1.82) is 0 Å². The van der Waals surface area contributed by atoms with Crippen molar-refractivity contribution in [2.45, 2.75) is 130 Å². The maximum absolute atomic E-state index is 6.37. The molecule has 0 aliphatic heterocycles. The average molecular weight is 414 g/mol. The Morgan fingerprint density at radius 2 is 1.50 bits per heavy atom. The summed E-state index contributed by atoms with van der Waals surface area (Å²) in [6.07, 6.45) is 24.2. The predicted octanol–water partition coefficient (Wildman–Crippen LogP) is 8.45. The van der Waals surface area contributed by atoms with Crippen LogP contribution in [0.25, 0.3) is 0 Å². The molecule has 0 N–H and O–H groups in total. The van der Waals surface area contributed by atoms with Gasteiger partial charge in [0, 0.05) is 5.69 Å². The molecule has 30 heavy (non-hydrogen) atoms. The lowest BCUT2D eigenvalue weighted by Gasteiger charge is -2.38. The fraction of sp³-hybridized carbons (Fsp3) is 0.821. The fourth-order valence-electron chi connectivity index (χ4n) is 5.93. The third-order valence-electron chi connectivity index (χ3n) is 7.97. The summed E-state index contributed by atoms with van der Waals surface area (Å²) in [5, 5.41) is 0. The van der Waals surface area contributed by atoms with Gasteiger partial charge in [-0.3, -0.25) is 4.98 Å². The second kappa shape index (κ2) is 12.7. The Balaban J connectivity index is 1.38. The summed E-state index contributed by atoms with van der Waals surface area (Å²) in [6.45, 7) is 6.79. The largest absolute Gasteiger partial charge is 0.489 e. The van der Waals surface area contributed by atoms with Gasteiger partial charge in [0.15, 0.2) is 0 Å². The maximum atomic E-state index is 6.37. The van der Waals surface area contributed by atoms with Crippen LogP contribution >= 0.6 is 0 Å². The minimum atomic E-state index is 0.402. The van der Waals surface area contributed by atoms with E-state index < -0.39 is 0 Å². The zero-order valence-electron chi connectivity index (χ0n) is 20.1. The zero-order chi connectivity index (χ0) is 21.2. The van der Waals surface area contributed by atoms with Gasteiger partial charge in [-0.1, -0.05) is 65.2 Å². The van der Waals surface area contributed by atoms with E-state index >= 15 is 0 Å². The van der Waals surface area contributed by atoms with Crippen LogP contribution in [0.1, 0.15) is 121 Å². The third kappa shape index (κ3) is 7.27. The van der Waals surface area contributed by atoms with Crippen LogP contribution in [0.5, 0.6) is 5.75 Å². The molecule has 2 fully saturated rings. The van der Waals surface area contributed by atoms with Crippen LogP contribution in [-0.2, 0) is 6.42 Å². The SMILES string of the molecule is CCCCCCc1ncc(OC2CCC(C3CCC(CCCC)CC3)CC2)cc1C. The van der Waals surface area contributed by atoms with Gasteiger partial charge < -0.3 is 4.74 Å². The van der Waals surface area contributed by atoms with Crippen molar-refractivity contribution >= 4 is 0 Å². The van der Waals surface area contributed by atoms with Crippen LogP contribution in [0.4, 0.5) is 0 Å². The van der Waals surface area contributed by atoms with Crippen molar-refractivity contribution in [3.63, 3.8) is 0 Å². The van der Waals surface area contributed by atoms with E-state index in [4.69, 9.17) is 9.72 Å². The van der Waals surface area contributed by atoms with E-state index in [1.807, 2.05) is 6.20 Å².